The number of ether oxygens (including phenoxy) is 1. The number of halogens is 2. The first kappa shape index (κ1) is 17.8. The molecule has 3 aromatic rings. The molecule has 0 unspecified atom stereocenters. The van der Waals surface area contributed by atoms with Gasteiger partial charge >= 0.3 is 0 Å². The molecule has 2 aliphatic heterocycles. The lowest BCUT2D eigenvalue weighted by atomic mass is 9.95. The number of rotatable bonds is 2. The van der Waals surface area contributed by atoms with Gasteiger partial charge < -0.3 is 4.74 Å². The molecule has 0 N–H and O–H groups in total. The summed E-state index contributed by atoms with van der Waals surface area (Å²) < 4.78 is 7.42. The van der Waals surface area contributed by atoms with Crippen LogP contribution in [-0.2, 0) is 0 Å². The second-order valence-electron chi connectivity index (χ2n) is 7.22. The Hall–Kier alpha value is -2.30. The summed E-state index contributed by atoms with van der Waals surface area (Å²) in [6.45, 7) is 2.10. The minimum absolute atomic E-state index is 0.104. The maximum atomic E-state index is 6.37. The van der Waals surface area contributed by atoms with Crippen molar-refractivity contribution in [3.63, 3.8) is 0 Å². The van der Waals surface area contributed by atoms with Crippen LogP contribution in [0, 0.1) is 6.92 Å². The summed E-state index contributed by atoms with van der Waals surface area (Å²) in [5.74, 6) is 0.874. The average Bonchev–Trinajstić information content (AvgIpc) is 3.14. The van der Waals surface area contributed by atoms with Crippen LogP contribution >= 0.6 is 27.5 Å². The number of hydrogen-bond acceptors (Lipinski definition) is 3. The summed E-state index contributed by atoms with van der Waals surface area (Å²) >= 11 is 9.80. The Balaban J connectivity index is 1.59. The second kappa shape index (κ2) is 6.94. The third-order valence-corrected chi connectivity index (χ3v) is 6.06. The van der Waals surface area contributed by atoms with Crippen LogP contribution in [0.1, 0.15) is 40.9 Å². The molecule has 28 heavy (non-hydrogen) atoms. The van der Waals surface area contributed by atoms with Gasteiger partial charge in [0.2, 0.25) is 6.23 Å². The molecule has 0 spiro atoms. The van der Waals surface area contributed by atoms with E-state index in [0.29, 0.717) is 5.02 Å². The molecule has 0 fully saturated rings. The van der Waals surface area contributed by atoms with Crippen molar-refractivity contribution in [1.29, 1.82) is 0 Å². The minimum Gasteiger partial charge on any atom is -0.464 e. The summed E-state index contributed by atoms with van der Waals surface area (Å²) in [5.41, 5.74) is 5.63. The standard InChI is InChI=1S/C23H18BrClN2O/c1-14-2-4-15(5-3-14)20-13-21-19-12-18(25)10-11-22(19)28-23(27(21)26-20)16-6-8-17(24)9-7-16/h2-12,21,23H,13H2,1H3/t21-,23+/m0/s1. The van der Waals surface area contributed by atoms with E-state index in [2.05, 4.69) is 64.3 Å². The molecular formula is C23H18BrClN2O. The van der Waals surface area contributed by atoms with Crippen molar-refractivity contribution in [2.45, 2.75) is 25.6 Å². The zero-order chi connectivity index (χ0) is 19.3. The fraction of sp³-hybridized carbons (Fsp3) is 0.174. The number of benzene rings is 3. The van der Waals surface area contributed by atoms with Gasteiger partial charge in [0.25, 0.3) is 0 Å². The van der Waals surface area contributed by atoms with Gasteiger partial charge in [0.1, 0.15) is 5.75 Å². The van der Waals surface area contributed by atoms with Crippen LogP contribution in [0.2, 0.25) is 5.02 Å². The Morgan fingerprint density at radius 1 is 1.04 bits per heavy atom. The molecule has 0 aliphatic carbocycles. The van der Waals surface area contributed by atoms with Crippen molar-refractivity contribution in [2.24, 2.45) is 5.10 Å². The van der Waals surface area contributed by atoms with E-state index in [1.54, 1.807) is 0 Å². The summed E-state index contributed by atoms with van der Waals surface area (Å²) in [4.78, 5) is 0. The van der Waals surface area contributed by atoms with E-state index >= 15 is 0 Å². The predicted molar refractivity (Wildman–Crippen MR) is 116 cm³/mol. The van der Waals surface area contributed by atoms with E-state index in [4.69, 9.17) is 21.4 Å². The SMILES string of the molecule is Cc1ccc(C2=NN3[C@@H](c4ccc(Br)cc4)Oc4ccc(Cl)cc4[C@@H]3C2)cc1. The molecule has 0 amide bonds. The molecule has 2 aliphatic rings. The molecular weight excluding hydrogens is 436 g/mol. The summed E-state index contributed by atoms with van der Waals surface area (Å²) in [7, 11) is 0. The first-order valence-electron chi connectivity index (χ1n) is 9.23. The molecule has 5 rings (SSSR count). The van der Waals surface area contributed by atoms with Gasteiger partial charge in [-0.15, -0.1) is 0 Å². The fourth-order valence-electron chi connectivity index (χ4n) is 3.83. The Labute approximate surface area is 177 Å². The van der Waals surface area contributed by atoms with Crippen LogP contribution in [0.4, 0.5) is 0 Å². The highest BCUT2D eigenvalue weighted by atomic mass is 79.9. The first-order chi connectivity index (χ1) is 13.6. The lowest BCUT2D eigenvalue weighted by Crippen LogP contribution is -2.33. The smallest absolute Gasteiger partial charge is 0.213 e. The molecule has 2 atom stereocenters. The second-order valence-corrected chi connectivity index (χ2v) is 8.57. The molecule has 0 bridgehead atoms. The molecule has 0 aromatic heterocycles. The van der Waals surface area contributed by atoms with Gasteiger partial charge in [-0.2, -0.15) is 5.10 Å². The Morgan fingerprint density at radius 2 is 1.79 bits per heavy atom. The zero-order valence-corrected chi connectivity index (χ0v) is 17.6. The predicted octanol–water partition coefficient (Wildman–Crippen LogP) is 6.65. The van der Waals surface area contributed by atoms with Gasteiger partial charge in [-0.05, 0) is 42.8 Å². The maximum Gasteiger partial charge on any atom is 0.213 e. The molecule has 0 saturated heterocycles. The third kappa shape index (κ3) is 3.11. The third-order valence-electron chi connectivity index (χ3n) is 5.29. The van der Waals surface area contributed by atoms with Crippen LogP contribution in [0.5, 0.6) is 5.75 Å². The van der Waals surface area contributed by atoms with E-state index in [9.17, 15) is 0 Å². The molecule has 5 heteroatoms. The van der Waals surface area contributed by atoms with Gasteiger partial charge in [0.15, 0.2) is 0 Å². The maximum absolute atomic E-state index is 6.37. The molecule has 140 valence electrons. The van der Waals surface area contributed by atoms with Crippen LogP contribution in [-0.4, -0.2) is 10.7 Å². The van der Waals surface area contributed by atoms with Gasteiger partial charge in [-0.1, -0.05) is 69.5 Å². The normalized spacial score (nSPS) is 20.2. The van der Waals surface area contributed by atoms with E-state index < -0.39 is 0 Å². The van der Waals surface area contributed by atoms with Crippen molar-refractivity contribution in [3.05, 3.63) is 98.5 Å². The summed E-state index contributed by atoms with van der Waals surface area (Å²) in [6, 6.07) is 22.7. The number of hydrazone groups is 1. The van der Waals surface area contributed by atoms with E-state index in [0.717, 1.165) is 39.0 Å². The van der Waals surface area contributed by atoms with E-state index in [1.807, 2.05) is 30.3 Å². The van der Waals surface area contributed by atoms with Crippen molar-refractivity contribution in [2.75, 3.05) is 0 Å². The van der Waals surface area contributed by atoms with Crippen molar-refractivity contribution in [3.8, 4) is 5.75 Å². The molecule has 0 radical (unpaired) electrons. The van der Waals surface area contributed by atoms with E-state index in [-0.39, 0.29) is 12.3 Å². The fourth-order valence-corrected chi connectivity index (χ4v) is 4.27. The monoisotopic (exact) mass is 452 g/mol. The number of fused-ring (bicyclic) bond motifs is 3. The van der Waals surface area contributed by atoms with Gasteiger partial charge in [0, 0.05) is 27.0 Å². The lowest BCUT2D eigenvalue weighted by Gasteiger charge is -2.38. The van der Waals surface area contributed by atoms with Crippen LogP contribution in [0.3, 0.4) is 0 Å². The van der Waals surface area contributed by atoms with Crippen LogP contribution in [0.15, 0.2) is 76.3 Å². The summed E-state index contributed by atoms with van der Waals surface area (Å²) in [5, 5.41) is 7.79. The number of hydrogen-bond donors (Lipinski definition) is 0. The van der Waals surface area contributed by atoms with Crippen molar-refractivity contribution in [1.82, 2.24) is 5.01 Å². The lowest BCUT2D eigenvalue weighted by molar-refractivity contribution is -0.0190. The Bertz CT molecular complexity index is 1060. The average molecular weight is 454 g/mol. The Morgan fingerprint density at radius 3 is 2.54 bits per heavy atom. The van der Waals surface area contributed by atoms with Crippen LogP contribution < -0.4 is 4.74 Å². The topological polar surface area (TPSA) is 24.8 Å². The minimum atomic E-state index is -0.269. The van der Waals surface area contributed by atoms with Crippen LogP contribution in [0.25, 0.3) is 0 Å². The van der Waals surface area contributed by atoms with Gasteiger partial charge in [-0.3, -0.25) is 0 Å². The quantitative estimate of drug-likeness (QED) is 0.434. The number of aryl methyl sites for hydroxylation is 1. The van der Waals surface area contributed by atoms with Gasteiger partial charge in [-0.25, -0.2) is 5.01 Å². The highest BCUT2D eigenvalue weighted by Crippen LogP contribution is 2.48. The van der Waals surface area contributed by atoms with E-state index in [1.165, 1.54) is 5.56 Å². The molecule has 3 aromatic carbocycles. The zero-order valence-electron chi connectivity index (χ0n) is 15.3. The number of nitrogens with zero attached hydrogens (tertiary/aromatic N) is 2. The first-order valence-corrected chi connectivity index (χ1v) is 10.4. The molecule has 2 heterocycles. The van der Waals surface area contributed by atoms with Crippen molar-refractivity contribution < 1.29 is 4.74 Å². The molecule has 0 saturated carbocycles. The highest BCUT2D eigenvalue weighted by molar-refractivity contribution is 9.10. The largest absolute Gasteiger partial charge is 0.464 e. The van der Waals surface area contributed by atoms with Crippen molar-refractivity contribution >= 4 is 33.2 Å². The highest BCUT2D eigenvalue weighted by Gasteiger charge is 2.41. The van der Waals surface area contributed by atoms with Gasteiger partial charge in [0.05, 0.1) is 11.8 Å². The summed E-state index contributed by atoms with van der Waals surface area (Å²) in [6.07, 6.45) is 0.557. The molecule has 3 nitrogen and oxygen atoms in total. The Kier molecular flexibility index (Phi) is 4.41.